The Kier molecular flexibility index (Phi) is 2.89. The van der Waals surface area contributed by atoms with Crippen molar-refractivity contribution in [1.82, 2.24) is 19.7 Å². The molecule has 0 saturated carbocycles. The first-order valence-corrected chi connectivity index (χ1v) is 6.28. The smallest absolute Gasteiger partial charge is 0.283 e. The normalized spacial score (nSPS) is 10.9. The van der Waals surface area contributed by atoms with E-state index < -0.39 is 0 Å². The number of furan rings is 1. The first-order chi connectivity index (χ1) is 8.83. The van der Waals surface area contributed by atoms with Crippen LogP contribution in [0.1, 0.15) is 5.89 Å². The van der Waals surface area contributed by atoms with Crippen LogP contribution >= 0.6 is 11.8 Å². The number of aryl methyl sites for hydroxylation is 1. The summed E-state index contributed by atoms with van der Waals surface area (Å²) in [6, 6.07) is 3.56. The zero-order valence-electron chi connectivity index (χ0n) is 9.61. The van der Waals surface area contributed by atoms with Gasteiger partial charge in [-0.2, -0.15) is 0 Å². The molecule has 0 saturated heterocycles. The van der Waals surface area contributed by atoms with E-state index >= 15 is 0 Å². The van der Waals surface area contributed by atoms with Crippen LogP contribution in [-0.4, -0.2) is 19.7 Å². The Hall–Kier alpha value is -2.02. The molecule has 0 radical (unpaired) electrons. The number of hydrogen-bond acceptors (Lipinski definition) is 6. The number of rotatable bonds is 4. The summed E-state index contributed by atoms with van der Waals surface area (Å²) >= 11 is 1.54. The van der Waals surface area contributed by atoms with E-state index in [0.29, 0.717) is 23.3 Å². The molecule has 0 fully saturated rings. The quantitative estimate of drug-likeness (QED) is 0.672. The molecular formula is C11H10N4O2S. The van der Waals surface area contributed by atoms with Gasteiger partial charge in [-0.25, -0.2) is 4.98 Å². The Bertz CT molecular complexity index is 629. The van der Waals surface area contributed by atoms with Crippen molar-refractivity contribution in [2.45, 2.75) is 10.9 Å². The standard InChI is InChI=1S/C11H10N4O2S/c1-15-5-4-12-11(15)18-7-9-13-14-10(17-9)8-3-2-6-16-8/h2-6H,7H2,1H3. The third kappa shape index (κ3) is 2.17. The molecule has 0 aliphatic rings. The van der Waals surface area contributed by atoms with Crippen LogP contribution in [0.4, 0.5) is 0 Å². The predicted octanol–water partition coefficient (Wildman–Crippen LogP) is 2.36. The van der Waals surface area contributed by atoms with Crippen molar-refractivity contribution in [2.24, 2.45) is 7.05 Å². The first-order valence-electron chi connectivity index (χ1n) is 5.29. The maximum absolute atomic E-state index is 5.49. The van der Waals surface area contributed by atoms with Crippen LogP contribution < -0.4 is 0 Å². The van der Waals surface area contributed by atoms with Gasteiger partial charge in [0.15, 0.2) is 10.9 Å². The minimum Gasteiger partial charge on any atom is -0.459 e. The SMILES string of the molecule is Cn1ccnc1SCc1nnc(-c2ccco2)o1. The molecular weight excluding hydrogens is 252 g/mol. The molecule has 6 nitrogen and oxygen atoms in total. The van der Waals surface area contributed by atoms with Crippen molar-refractivity contribution in [3.05, 3.63) is 36.7 Å². The second-order valence-corrected chi connectivity index (χ2v) is 4.53. The molecule has 0 unspecified atom stereocenters. The Morgan fingerprint density at radius 2 is 2.33 bits per heavy atom. The maximum atomic E-state index is 5.49. The van der Waals surface area contributed by atoms with E-state index in [0.717, 1.165) is 5.16 Å². The third-order valence-corrected chi connectivity index (χ3v) is 3.34. The molecule has 0 spiro atoms. The van der Waals surface area contributed by atoms with Crippen LogP contribution in [0.3, 0.4) is 0 Å². The Balaban J connectivity index is 1.69. The summed E-state index contributed by atoms with van der Waals surface area (Å²) in [5, 5.41) is 8.81. The van der Waals surface area contributed by atoms with Gasteiger partial charge in [0.25, 0.3) is 5.89 Å². The van der Waals surface area contributed by atoms with Crippen LogP contribution in [0.5, 0.6) is 0 Å². The lowest BCUT2D eigenvalue weighted by Gasteiger charge is -1.97. The topological polar surface area (TPSA) is 69.9 Å². The molecule has 18 heavy (non-hydrogen) atoms. The molecule has 92 valence electrons. The summed E-state index contributed by atoms with van der Waals surface area (Å²) in [6.07, 6.45) is 5.22. The summed E-state index contributed by atoms with van der Waals surface area (Å²) in [5.74, 6) is 2.11. The molecule has 0 N–H and O–H groups in total. The van der Waals surface area contributed by atoms with E-state index in [-0.39, 0.29) is 0 Å². The average molecular weight is 262 g/mol. The number of nitrogens with zero attached hydrogens (tertiary/aromatic N) is 4. The zero-order valence-corrected chi connectivity index (χ0v) is 10.4. The predicted molar refractivity (Wildman–Crippen MR) is 64.8 cm³/mol. The van der Waals surface area contributed by atoms with Gasteiger partial charge < -0.3 is 13.4 Å². The van der Waals surface area contributed by atoms with E-state index in [1.54, 1.807) is 36.4 Å². The molecule has 0 aromatic carbocycles. The highest BCUT2D eigenvalue weighted by atomic mass is 32.2. The summed E-state index contributed by atoms with van der Waals surface area (Å²) < 4.78 is 12.6. The van der Waals surface area contributed by atoms with E-state index in [2.05, 4.69) is 15.2 Å². The van der Waals surface area contributed by atoms with Crippen molar-refractivity contribution in [3.63, 3.8) is 0 Å². The molecule has 0 aliphatic heterocycles. The van der Waals surface area contributed by atoms with Gasteiger partial charge >= 0.3 is 0 Å². The zero-order chi connectivity index (χ0) is 12.4. The van der Waals surface area contributed by atoms with Crippen molar-refractivity contribution in [3.8, 4) is 11.7 Å². The van der Waals surface area contributed by atoms with Gasteiger partial charge in [0, 0.05) is 19.4 Å². The highest BCUT2D eigenvalue weighted by Crippen LogP contribution is 2.23. The van der Waals surface area contributed by atoms with Crippen molar-refractivity contribution in [1.29, 1.82) is 0 Å². The van der Waals surface area contributed by atoms with E-state index in [1.807, 2.05) is 17.8 Å². The van der Waals surface area contributed by atoms with Gasteiger partial charge in [-0.3, -0.25) is 0 Å². The van der Waals surface area contributed by atoms with E-state index in [1.165, 1.54) is 0 Å². The van der Waals surface area contributed by atoms with Gasteiger partial charge in [0.05, 0.1) is 12.0 Å². The second kappa shape index (κ2) is 4.69. The summed E-state index contributed by atoms with van der Waals surface area (Å²) in [5.41, 5.74) is 0. The number of aromatic nitrogens is 4. The van der Waals surface area contributed by atoms with Crippen molar-refractivity contribution >= 4 is 11.8 Å². The molecule has 3 heterocycles. The van der Waals surface area contributed by atoms with Gasteiger partial charge in [0.1, 0.15) is 0 Å². The van der Waals surface area contributed by atoms with Crippen LogP contribution in [0.25, 0.3) is 11.7 Å². The molecule has 0 amide bonds. The fraction of sp³-hybridized carbons (Fsp3) is 0.182. The summed E-state index contributed by atoms with van der Waals surface area (Å²) in [7, 11) is 1.94. The Morgan fingerprint density at radius 1 is 1.39 bits per heavy atom. The van der Waals surface area contributed by atoms with Gasteiger partial charge in [-0.05, 0) is 12.1 Å². The molecule has 3 rings (SSSR count). The monoisotopic (exact) mass is 262 g/mol. The molecule has 3 aromatic heterocycles. The average Bonchev–Trinajstić information content (AvgIpc) is 3.08. The lowest BCUT2D eigenvalue weighted by molar-refractivity contribution is 0.494. The summed E-state index contributed by atoms with van der Waals surface area (Å²) in [4.78, 5) is 4.21. The minimum absolute atomic E-state index is 0.399. The largest absolute Gasteiger partial charge is 0.459 e. The van der Waals surface area contributed by atoms with Gasteiger partial charge in [0.2, 0.25) is 5.89 Å². The minimum atomic E-state index is 0.399. The lowest BCUT2D eigenvalue weighted by atomic mass is 10.5. The molecule has 0 aliphatic carbocycles. The molecule has 3 aromatic rings. The van der Waals surface area contributed by atoms with Gasteiger partial charge in [-0.1, -0.05) is 11.8 Å². The Morgan fingerprint density at radius 3 is 3.06 bits per heavy atom. The fourth-order valence-corrected chi connectivity index (χ4v) is 2.20. The number of imidazole rings is 1. The van der Waals surface area contributed by atoms with Crippen LogP contribution in [0.15, 0.2) is 44.8 Å². The van der Waals surface area contributed by atoms with Crippen LogP contribution in [0, 0.1) is 0 Å². The highest BCUT2D eigenvalue weighted by molar-refractivity contribution is 7.98. The number of thioether (sulfide) groups is 1. The highest BCUT2D eigenvalue weighted by Gasteiger charge is 2.11. The van der Waals surface area contributed by atoms with Crippen LogP contribution in [-0.2, 0) is 12.8 Å². The Labute approximate surface area is 107 Å². The summed E-state index contributed by atoms with van der Waals surface area (Å²) in [6.45, 7) is 0. The van der Waals surface area contributed by atoms with Crippen molar-refractivity contribution in [2.75, 3.05) is 0 Å². The second-order valence-electron chi connectivity index (χ2n) is 3.59. The van der Waals surface area contributed by atoms with E-state index in [9.17, 15) is 0 Å². The molecule has 0 atom stereocenters. The first kappa shape index (κ1) is 11.1. The van der Waals surface area contributed by atoms with Gasteiger partial charge in [-0.15, -0.1) is 10.2 Å². The number of hydrogen-bond donors (Lipinski definition) is 0. The van der Waals surface area contributed by atoms with E-state index in [4.69, 9.17) is 8.83 Å². The van der Waals surface area contributed by atoms with Crippen molar-refractivity contribution < 1.29 is 8.83 Å². The third-order valence-electron chi connectivity index (χ3n) is 2.30. The molecule has 7 heteroatoms. The molecule has 0 bridgehead atoms. The van der Waals surface area contributed by atoms with Crippen LogP contribution in [0.2, 0.25) is 0 Å². The fourth-order valence-electron chi connectivity index (χ4n) is 1.43. The lowest BCUT2D eigenvalue weighted by Crippen LogP contribution is -1.89. The maximum Gasteiger partial charge on any atom is 0.283 e.